The van der Waals surface area contributed by atoms with Crippen molar-refractivity contribution in [2.45, 2.75) is 32.7 Å². The summed E-state index contributed by atoms with van der Waals surface area (Å²) in [6.07, 6.45) is 4.92. The van der Waals surface area contributed by atoms with Gasteiger partial charge in [-0.3, -0.25) is 14.0 Å². The van der Waals surface area contributed by atoms with E-state index in [1.807, 2.05) is 55.4 Å². The van der Waals surface area contributed by atoms with Crippen LogP contribution in [-0.2, 0) is 6.54 Å². The van der Waals surface area contributed by atoms with E-state index < -0.39 is 0 Å². The topological polar surface area (TPSA) is 71.6 Å². The quantitative estimate of drug-likeness (QED) is 0.309. The fourth-order valence-corrected chi connectivity index (χ4v) is 4.25. The number of carbonyl (C=O) groups is 1. The van der Waals surface area contributed by atoms with Crippen molar-refractivity contribution in [2.75, 3.05) is 27.2 Å². The van der Waals surface area contributed by atoms with Gasteiger partial charge in [0.05, 0.1) is 11.4 Å². The van der Waals surface area contributed by atoms with Crippen LogP contribution in [0, 0.1) is 0 Å². The van der Waals surface area contributed by atoms with Crippen molar-refractivity contribution in [3.63, 3.8) is 0 Å². The average molecular weight is 506 g/mol. The molecule has 0 saturated heterocycles. The van der Waals surface area contributed by atoms with Crippen molar-refractivity contribution in [2.24, 2.45) is 0 Å². The van der Waals surface area contributed by atoms with E-state index >= 15 is 0 Å². The lowest BCUT2D eigenvalue weighted by Crippen LogP contribution is -2.31. The van der Waals surface area contributed by atoms with Gasteiger partial charge in [-0.25, -0.2) is 4.98 Å². The Morgan fingerprint density at radius 1 is 1.03 bits per heavy atom. The van der Waals surface area contributed by atoms with Gasteiger partial charge in [0.2, 0.25) is 5.78 Å². The number of rotatable bonds is 10. The molecule has 36 heavy (non-hydrogen) atoms. The number of unbranched alkanes of at least 4 members (excludes halogenated alkanes) is 2. The molecule has 1 N–H and O–H groups in total. The van der Waals surface area contributed by atoms with E-state index in [0.717, 1.165) is 54.9 Å². The minimum atomic E-state index is -0.148. The van der Waals surface area contributed by atoms with Crippen molar-refractivity contribution >= 4 is 23.3 Å². The molecule has 4 aromatic rings. The lowest BCUT2D eigenvalue weighted by atomic mass is 10.1. The summed E-state index contributed by atoms with van der Waals surface area (Å²) >= 11 is 6.05. The standard InChI is InChI=1S/C28H32ClN5O2/c1-4-5-6-16-33-25(21-7-9-22(10-8-21)27(36)30-15-17-32(2)3)18-26(35)34-19-24(31-28(33)34)20-11-13-23(29)14-12-20/h7-14,18-19H,4-6,15-17H2,1-3H3,(H,30,36). The second-order valence-corrected chi connectivity index (χ2v) is 9.60. The Labute approximate surface area is 216 Å². The predicted molar refractivity (Wildman–Crippen MR) is 146 cm³/mol. The molecule has 0 aliphatic heterocycles. The number of imidazole rings is 1. The molecule has 0 aliphatic rings. The molecule has 0 saturated carbocycles. The van der Waals surface area contributed by atoms with Crippen molar-refractivity contribution in [3.05, 3.63) is 81.7 Å². The first kappa shape index (κ1) is 25.7. The number of fused-ring (bicyclic) bond motifs is 1. The molecule has 2 heterocycles. The SMILES string of the molecule is CCCCCn1c(-c2ccc(C(=O)NCCN(C)C)cc2)cc(=O)n2cc(-c3ccc(Cl)cc3)nc12. The summed E-state index contributed by atoms with van der Waals surface area (Å²) in [6, 6.07) is 16.5. The molecule has 0 aliphatic carbocycles. The fourth-order valence-electron chi connectivity index (χ4n) is 4.12. The Morgan fingerprint density at radius 3 is 2.39 bits per heavy atom. The second-order valence-electron chi connectivity index (χ2n) is 9.17. The van der Waals surface area contributed by atoms with E-state index in [2.05, 4.69) is 16.8 Å². The minimum absolute atomic E-state index is 0.111. The third-order valence-corrected chi connectivity index (χ3v) is 6.38. The van der Waals surface area contributed by atoms with Gasteiger partial charge >= 0.3 is 0 Å². The zero-order valence-corrected chi connectivity index (χ0v) is 21.8. The number of amides is 1. The largest absolute Gasteiger partial charge is 0.351 e. The van der Waals surface area contributed by atoms with Crippen LogP contribution in [-0.4, -0.2) is 51.9 Å². The van der Waals surface area contributed by atoms with Gasteiger partial charge in [-0.1, -0.05) is 55.6 Å². The molecule has 7 nitrogen and oxygen atoms in total. The number of hydrogen-bond acceptors (Lipinski definition) is 4. The molecule has 0 fully saturated rings. The zero-order chi connectivity index (χ0) is 25.7. The number of hydrogen-bond donors (Lipinski definition) is 1. The van der Waals surface area contributed by atoms with Crippen molar-refractivity contribution < 1.29 is 4.79 Å². The van der Waals surface area contributed by atoms with Crippen LogP contribution in [0.25, 0.3) is 28.3 Å². The molecule has 2 aromatic carbocycles. The van der Waals surface area contributed by atoms with Gasteiger partial charge in [-0.2, -0.15) is 0 Å². The number of nitrogens with zero attached hydrogens (tertiary/aromatic N) is 4. The third kappa shape index (κ3) is 5.86. The Balaban J connectivity index is 1.71. The molecule has 2 aromatic heterocycles. The smallest absolute Gasteiger partial charge is 0.259 e. The second kappa shape index (κ2) is 11.5. The molecule has 8 heteroatoms. The average Bonchev–Trinajstić information content (AvgIpc) is 3.32. The Kier molecular flexibility index (Phi) is 8.23. The zero-order valence-electron chi connectivity index (χ0n) is 21.0. The molecule has 0 spiro atoms. The highest BCUT2D eigenvalue weighted by Crippen LogP contribution is 2.25. The van der Waals surface area contributed by atoms with Gasteiger partial charge in [-0.05, 0) is 50.3 Å². The summed E-state index contributed by atoms with van der Waals surface area (Å²) in [5.74, 6) is 0.490. The molecule has 1 amide bonds. The molecular formula is C28H32ClN5O2. The molecule has 0 unspecified atom stereocenters. The number of benzene rings is 2. The van der Waals surface area contributed by atoms with Crippen LogP contribution in [0.15, 0.2) is 65.6 Å². The van der Waals surface area contributed by atoms with Crippen LogP contribution in [0.5, 0.6) is 0 Å². The third-order valence-electron chi connectivity index (χ3n) is 6.13. The van der Waals surface area contributed by atoms with E-state index in [-0.39, 0.29) is 11.5 Å². The Hall–Kier alpha value is -3.42. The number of halogens is 1. The van der Waals surface area contributed by atoms with Crippen LogP contribution in [0.1, 0.15) is 36.5 Å². The highest BCUT2D eigenvalue weighted by molar-refractivity contribution is 6.30. The molecule has 0 bridgehead atoms. The summed E-state index contributed by atoms with van der Waals surface area (Å²) in [5, 5.41) is 3.58. The van der Waals surface area contributed by atoms with Crippen LogP contribution in [0.3, 0.4) is 0 Å². The van der Waals surface area contributed by atoms with Crippen molar-refractivity contribution in [1.29, 1.82) is 0 Å². The monoisotopic (exact) mass is 505 g/mol. The van der Waals surface area contributed by atoms with E-state index in [0.29, 0.717) is 22.9 Å². The van der Waals surface area contributed by atoms with E-state index in [1.54, 1.807) is 28.8 Å². The maximum Gasteiger partial charge on any atom is 0.259 e. The maximum atomic E-state index is 13.1. The van der Waals surface area contributed by atoms with Crippen LogP contribution in [0.4, 0.5) is 0 Å². The normalized spacial score (nSPS) is 11.4. The highest BCUT2D eigenvalue weighted by Gasteiger charge is 2.15. The number of carbonyl (C=O) groups excluding carboxylic acids is 1. The Morgan fingerprint density at radius 2 is 1.72 bits per heavy atom. The van der Waals surface area contributed by atoms with Crippen LogP contribution < -0.4 is 10.9 Å². The van der Waals surface area contributed by atoms with Crippen LogP contribution >= 0.6 is 11.6 Å². The first-order chi connectivity index (χ1) is 17.4. The van der Waals surface area contributed by atoms with Crippen molar-refractivity contribution in [3.8, 4) is 22.5 Å². The molecule has 0 atom stereocenters. The number of nitrogens with one attached hydrogen (secondary N) is 1. The summed E-state index contributed by atoms with van der Waals surface area (Å²) in [7, 11) is 3.94. The fraction of sp³-hybridized carbons (Fsp3) is 0.321. The first-order valence-electron chi connectivity index (χ1n) is 12.3. The van der Waals surface area contributed by atoms with Gasteiger partial charge < -0.3 is 14.8 Å². The van der Waals surface area contributed by atoms with Crippen LogP contribution in [0.2, 0.25) is 5.02 Å². The molecule has 0 radical (unpaired) electrons. The Bertz CT molecular complexity index is 1390. The van der Waals surface area contributed by atoms with Gasteiger partial charge in [0, 0.05) is 48.0 Å². The first-order valence-corrected chi connectivity index (χ1v) is 12.7. The van der Waals surface area contributed by atoms with Gasteiger partial charge in [0.1, 0.15) is 0 Å². The number of aromatic nitrogens is 3. The summed E-state index contributed by atoms with van der Waals surface area (Å²) in [4.78, 5) is 32.5. The maximum absolute atomic E-state index is 13.1. The predicted octanol–water partition coefficient (Wildman–Crippen LogP) is 4.97. The summed E-state index contributed by atoms with van der Waals surface area (Å²) in [5.41, 5.74) is 3.71. The highest BCUT2D eigenvalue weighted by atomic mass is 35.5. The summed E-state index contributed by atoms with van der Waals surface area (Å²) in [6.45, 7) is 4.25. The molecule has 188 valence electrons. The molecular weight excluding hydrogens is 474 g/mol. The van der Waals surface area contributed by atoms with E-state index in [4.69, 9.17) is 16.6 Å². The minimum Gasteiger partial charge on any atom is -0.351 e. The van der Waals surface area contributed by atoms with Gasteiger partial charge in [-0.15, -0.1) is 0 Å². The molecule has 4 rings (SSSR count). The lowest BCUT2D eigenvalue weighted by Gasteiger charge is -2.15. The number of likely N-dealkylation sites (N-methyl/N-ethyl adjacent to an activating group) is 1. The lowest BCUT2D eigenvalue weighted by molar-refractivity contribution is 0.0951. The van der Waals surface area contributed by atoms with Gasteiger partial charge in [0.15, 0.2) is 0 Å². The van der Waals surface area contributed by atoms with E-state index in [1.165, 1.54) is 0 Å². The van der Waals surface area contributed by atoms with Gasteiger partial charge in [0.25, 0.3) is 11.5 Å². The summed E-state index contributed by atoms with van der Waals surface area (Å²) < 4.78 is 3.70. The number of aryl methyl sites for hydroxylation is 1. The van der Waals surface area contributed by atoms with E-state index in [9.17, 15) is 9.59 Å². The van der Waals surface area contributed by atoms with Crippen molar-refractivity contribution in [1.82, 2.24) is 24.2 Å².